The Morgan fingerprint density at radius 1 is 1.46 bits per heavy atom. The lowest BCUT2D eigenvalue weighted by atomic mass is 10.0. The van der Waals surface area contributed by atoms with Gasteiger partial charge in [0.1, 0.15) is 5.75 Å². The Morgan fingerprint density at radius 3 is 2.77 bits per heavy atom. The van der Waals surface area contributed by atoms with E-state index in [0.717, 1.165) is 17.2 Å². The number of hydrogen-bond donors (Lipinski definition) is 0. The third-order valence-corrected chi connectivity index (χ3v) is 2.47. The lowest BCUT2D eigenvalue weighted by Gasteiger charge is -2.06. The summed E-state index contributed by atoms with van der Waals surface area (Å²) < 4.78 is 5.14. The summed E-state index contributed by atoms with van der Waals surface area (Å²) in [4.78, 5) is 0. The highest BCUT2D eigenvalue weighted by atomic mass is 16.5. The van der Waals surface area contributed by atoms with Gasteiger partial charge in [-0.25, -0.2) is 0 Å². The van der Waals surface area contributed by atoms with Gasteiger partial charge in [-0.15, -0.1) is 0 Å². The number of ether oxygens (including phenoxy) is 1. The maximum absolute atomic E-state index is 5.14. The van der Waals surface area contributed by atoms with Gasteiger partial charge in [0.05, 0.1) is 7.11 Å². The summed E-state index contributed by atoms with van der Waals surface area (Å²) in [6.07, 6.45) is 5.57. The van der Waals surface area contributed by atoms with Crippen LogP contribution in [0, 0.1) is 6.08 Å². The minimum absolute atomic E-state index is 0.746. The molecule has 1 saturated carbocycles. The molecular weight excluding hydrogens is 160 g/mol. The van der Waals surface area contributed by atoms with E-state index < -0.39 is 0 Å². The molecule has 0 amide bonds. The molecule has 0 saturated heterocycles. The lowest BCUT2D eigenvalue weighted by molar-refractivity contribution is 0.414. The first-order chi connectivity index (χ1) is 6.35. The molecule has 0 N–H and O–H groups in total. The predicted molar refractivity (Wildman–Crippen MR) is 52.9 cm³/mol. The van der Waals surface area contributed by atoms with Gasteiger partial charge in [0.2, 0.25) is 0 Å². The highest BCUT2D eigenvalue weighted by molar-refractivity contribution is 5.42. The van der Waals surface area contributed by atoms with Gasteiger partial charge < -0.3 is 4.74 Å². The van der Waals surface area contributed by atoms with Crippen molar-refractivity contribution in [2.45, 2.75) is 18.8 Å². The molecule has 13 heavy (non-hydrogen) atoms. The fraction of sp³-hybridized carbons (Fsp3) is 0.333. The second-order valence-electron chi connectivity index (χ2n) is 3.40. The number of methoxy groups -OCH3 is 1. The Bertz CT molecular complexity index is 324. The predicted octanol–water partition coefficient (Wildman–Crippen LogP) is 2.91. The molecule has 0 aliphatic heterocycles. The summed E-state index contributed by atoms with van der Waals surface area (Å²) in [5, 5.41) is 0. The van der Waals surface area contributed by atoms with Crippen LogP contribution < -0.4 is 4.74 Å². The molecule has 0 unspecified atom stereocenters. The van der Waals surface area contributed by atoms with Crippen LogP contribution in [0.1, 0.15) is 29.9 Å². The van der Waals surface area contributed by atoms with Gasteiger partial charge in [-0.1, -0.05) is 12.6 Å². The lowest BCUT2D eigenvalue weighted by Crippen LogP contribution is -1.89. The van der Waals surface area contributed by atoms with E-state index in [1.807, 2.05) is 12.1 Å². The average molecular weight is 173 g/mol. The molecule has 0 spiro atoms. The van der Waals surface area contributed by atoms with Gasteiger partial charge in [0.25, 0.3) is 0 Å². The second kappa shape index (κ2) is 3.25. The highest BCUT2D eigenvalue weighted by Gasteiger charge is 2.25. The Labute approximate surface area is 79.0 Å². The zero-order chi connectivity index (χ0) is 9.26. The van der Waals surface area contributed by atoms with Crippen LogP contribution in [0.2, 0.25) is 0 Å². The molecule has 1 heteroatoms. The Kier molecular flexibility index (Phi) is 2.09. The van der Waals surface area contributed by atoms with E-state index in [2.05, 4.69) is 18.7 Å². The van der Waals surface area contributed by atoms with E-state index in [4.69, 9.17) is 4.74 Å². The Morgan fingerprint density at radius 2 is 2.23 bits per heavy atom. The molecule has 1 radical (unpaired) electrons. The smallest absolute Gasteiger partial charge is 0.119 e. The molecule has 1 aromatic rings. The van der Waals surface area contributed by atoms with E-state index in [-0.39, 0.29) is 0 Å². The van der Waals surface area contributed by atoms with Crippen LogP contribution >= 0.6 is 0 Å². The molecule has 0 aromatic heterocycles. The van der Waals surface area contributed by atoms with E-state index in [9.17, 15) is 0 Å². The molecule has 1 aliphatic carbocycles. The van der Waals surface area contributed by atoms with Crippen LogP contribution in [0.3, 0.4) is 0 Å². The normalized spacial score (nSPS) is 15.5. The van der Waals surface area contributed by atoms with Crippen LogP contribution in [0.4, 0.5) is 0 Å². The molecule has 0 atom stereocenters. The van der Waals surface area contributed by atoms with Crippen LogP contribution in [0.5, 0.6) is 5.75 Å². The molecule has 1 nitrogen and oxygen atoms in total. The third kappa shape index (κ3) is 1.59. The molecule has 2 rings (SSSR count). The first kappa shape index (κ1) is 8.36. The maximum atomic E-state index is 5.14. The van der Waals surface area contributed by atoms with Crippen molar-refractivity contribution in [1.29, 1.82) is 0 Å². The largest absolute Gasteiger partial charge is 0.497 e. The number of hydrogen-bond acceptors (Lipinski definition) is 1. The van der Waals surface area contributed by atoms with Crippen molar-refractivity contribution in [1.82, 2.24) is 0 Å². The molecule has 0 heterocycles. The van der Waals surface area contributed by atoms with Crippen molar-refractivity contribution < 1.29 is 4.74 Å². The number of benzene rings is 1. The molecule has 1 aromatic carbocycles. The summed E-state index contributed by atoms with van der Waals surface area (Å²) in [5.74, 6) is 1.63. The van der Waals surface area contributed by atoms with Crippen molar-refractivity contribution in [2.24, 2.45) is 0 Å². The monoisotopic (exact) mass is 173 g/mol. The van der Waals surface area contributed by atoms with E-state index >= 15 is 0 Å². The maximum Gasteiger partial charge on any atom is 0.119 e. The van der Waals surface area contributed by atoms with Gasteiger partial charge in [0.15, 0.2) is 0 Å². The van der Waals surface area contributed by atoms with Gasteiger partial charge in [-0.05, 0) is 48.1 Å². The van der Waals surface area contributed by atoms with Crippen LogP contribution in [0.25, 0.3) is 0 Å². The van der Waals surface area contributed by atoms with Gasteiger partial charge in [-0.2, -0.15) is 0 Å². The molecule has 1 aliphatic rings. The third-order valence-electron chi connectivity index (χ3n) is 2.47. The quantitative estimate of drug-likeness (QED) is 0.683. The summed E-state index contributed by atoms with van der Waals surface area (Å²) in [7, 11) is 1.68. The van der Waals surface area contributed by atoms with Gasteiger partial charge in [-0.3, -0.25) is 0 Å². The van der Waals surface area contributed by atoms with Crippen molar-refractivity contribution in [3.8, 4) is 5.75 Å². The van der Waals surface area contributed by atoms with Gasteiger partial charge in [0, 0.05) is 0 Å². The number of rotatable bonds is 3. The second-order valence-corrected chi connectivity index (χ2v) is 3.40. The summed E-state index contributed by atoms with van der Waals surface area (Å²) >= 11 is 0. The Hall–Kier alpha value is -1.24. The highest BCUT2D eigenvalue weighted by Crippen LogP contribution is 2.42. The molecule has 0 bridgehead atoms. The van der Waals surface area contributed by atoms with Crippen molar-refractivity contribution in [3.63, 3.8) is 0 Å². The van der Waals surface area contributed by atoms with Crippen LogP contribution in [-0.4, -0.2) is 7.11 Å². The first-order valence-corrected chi connectivity index (χ1v) is 4.56. The summed E-state index contributed by atoms with van der Waals surface area (Å²) in [6, 6.07) is 6.14. The molecule has 1 fully saturated rings. The minimum atomic E-state index is 0.746. The van der Waals surface area contributed by atoms with E-state index in [0.29, 0.717) is 0 Å². The van der Waals surface area contributed by atoms with Crippen molar-refractivity contribution in [3.05, 3.63) is 42.0 Å². The SMILES string of the molecule is C=[C]c1cc(OC)ccc1C1CC1. The van der Waals surface area contributed by atoms with Crippen molar-refractivity contribution in [2.75, 3.05) is 7.11 Å². The summed E-state index contributed by atoms with van der Waals surface area (Å²) in [5.41, 5.74) is 2.47. The summed E-state index contributed by atoms with van der Waals surface area (Å²) in [6.45, 7) is 3.70. The minimum Gasteiger partial charge on any atom is -0.497 e. The van der Waals surface area contributed by atoms with E-state index in [1.54, 1.807) is 7.11 Å². The fourth-order valence-corrected chi connectivity index (χ4v) is 1.57. The molecule has 67 valence electrons. The van der Waals surface area contributed by atoms with E-state index in [1.165, 1.54) is 18.4 Å². The Balaban J connectivity index is 2.39. The average Bonchev–Trinajstić information content (AvgIpc) is 3.00. The van der Waals surface area contributed by atoms with Gasteiger partial charge >= 0.3 is 0 Å². The fourth-order valence-electron chi connectivity index (χ4n) is 1.57. The zero-order valence-electron chi connectivity index (χ0n) is 7.84. The molecular formula is C12H13O. The standard InChI is InChI=1S/C12H13O/c1-3-9-8-11(13-2)6-7-12(9)10-4-5-10/h6-8,10H,1,4-5H2,2H3. The van der Waals surface area contributed by atoms with Crippen molar-refractivity contribution >= 4 is 0 Å². The zero-order valence-corrected chi connectivity index (χ0v) is 7.84. The van der Waals surface area contributed by atoms with Crippen LogP contribution in [-0.2, 0) is 0 Å². The first-order valence-electron chi connectivity index (χ1n) is 4.56. The van der Waals surface area contributed by atoms with Crippen LogP contribution in [0.15, 0.2) is 24.8 Å². The topological polar surface area (TPSA) is 9.23 Å².